The molecule has 2 aromatic carbocycles. The fourth-order valence-electron chi connectivity index (χ4n) is 3.39. The maximum Gasteiger partial charge on any atom is 0.312 e. The highest BCUT2D eigenvalue weighted by molar-refractivity contribution is 6.00. The number of para-hydroxylation sites is 1. The van der Waals surface area contributed by atoms with E-state index < -0.39 is 23.8 Å². The number of anilines is 1. The molecule has 2 atom stereocenters. The maximum atomic E-state index is 14.0. The van der Waals surface area contributed by atoms with Crippen LogP contribution in [0.25, 0.3) is 0 Å². The van der Waals surface area contributed by atoms with Gasteiger partial charge in [0.1, 0.15) is 5.82 Å². The van der Waals surface area contributed by atoms with Crippen LogP contribution in [0.4, 0.5) is 10.1 Å². The summed E-state index contributed by atoms with van der Waals surface area (Å²) in [5, 5.41) is 2.86. The Bertz CT molecular complexity index is 929. The Kier molecular flexibility index (Phi) is 5.29. The Labute approximate surface area is 167 Å². The second-order valence-corrected chi connectivity index (χ2v) is 7.37. The Balaban J connectivity index is 1.48. The lowest BCUT2D eigenvalue weighted by molar-refractivity contribution is -0.160. The van der Waals surface area contributed by atoms with Crippen LogP contribution in [0.1, 0.15) is 30.9 Å². The van der Waals surface area contributed by atoms with Crippen molar-refractivity contribution in [3.8, 4) is 0 Å². The minimum atomic E-state index is -1.08. The highest BCUT2D eigenvalue weighted by atomic mass is 19.1. The van der Waals surface area contributed by atoms with Crippen molar-refractivity contribution in [1.29, 1.82) is 0 Å². The smallest absolute Gasteiger partial charge is 0.312 e. The summed E-state index contributed by atoms with van der Waals surface area (Å²) in [6, 6.07) is 14.8. The monoisotopic (exact) mass is 396 g/mol. The van der Waals surface area contributed by atoms with Gasteiger partial charge in [0.25, 0.3) is 5.91 Å². The van der Waals surface area contributed by atoms with Gasteiger partial charge >= 0.3 is 5.97 Å². The first-order valence-corrected chi connectivity index (χ1v) is 9.63. The first-order valence-electron chi connectivity index (χ1n) is 9.63. The minimum absolute atomic E-state index is 0.0182. The Morgan fingerprint density at radius 2 is 1.76 bits per heavy atom. The van der Waals surface area contributed by atoms with E-state index in [-0.39, 0.29) is 36.5 Å². The molecule has 1 saturated heterocycles. The van der Waals surface area contributed by atoms with Crippen LogP contribution in [0.5, 0.6) is 0 Å². The number of ether oxygens (including phenoxy) is 1. The van der Waals surface area contributed by atoms with Gasteiger partial charge in [0.15, 0.2) is 0 Å². The maximum absolute atomic E-state index is 14.0. The van der Waals surface area contributed by atoms with Crippen LogP contribution in [0.3, 0.4) is 0 Å². The molecular weight excluding hydrogens is 375 g/mol. The third kappa shape index (κ3) is 4.29. The molecule has 0 spiro atoms. The summed E-state index contributed by atoms with van der Waals surface area (Å²) >= 11 is 0. The summed E-state index contributed by atoms with van der Waals surface area (Å²) in [6.45, 7) is 0.0182. The van der Waals surface area contributed by atoms with Crippen LogP contribution in [0.2, 0.25) is 0 Å². The highest BCUT2D eigenvalue weighted by Crippen LogP contribution is 2.30. The van der Waals surface area contributed by atoms with Crippen molar-refractivity contribution < 1.29 is 23.5 Å². The van der Waals surface area contributed by atoms with Crippen LogP contribution < -0.4 is 10.2 Å². The molecule has 4 rings (SSSR count). The molecule has 1 saturated carbocycles. The first-order chi connectivity index (χ1) is 14.0. The topological polar surface area (TPSA) is 75.7 Å². The zero-order valence-electron chi connectivity index (χ0n) is 15.7. The van der Waals surface area contributed by atoms with E-state index in [1.165, 1.54) is 23.1 Å². The minimum Gasteiger partial charge on any atom is -0.447 e. The molecule has 1 N–H and O–H groups in total. The van der Waals surface area contributed by atoms with Crippen molar-refractivity contribution in [3.63, 3.8) is 0 Å². The molecule has 2 aliphatic rings. The summed E-state index contributed by atoms with van der Waals surface area (Å²) < 4.78 is 19.6. The molecule has 7 heteroatoms. The molecule has 2 aromatic rings. The third-order valence-electron chi connectivity index (χ3n) is 5.10. The Hall–Kier alpha value is -3.22. The van der Waals surface area contributed by atoms with Gasteiger partial charge < -0.3 is 15.0 Å². The van der Waals surface area contributed by atoms with Crippen molar-refractivity contribution in [2.75, 3.05) is 11.4 Å². The molecule has 2 amide bonds. The molecule has 0 bridgehead atoms. The summed E-state index contributed by atoms with van der Waals surface area (Å²) in [7, 11) is 0. The quantitative estimate of drug-likeness (QED) is 0.762. The second-order valence-electron chi connectivity index (χ2n) is 7.37. The zero-order valence-corrected chi connectivity index (χ0v) is 15.7. The number of carbonyl (C=O) groups is 3. The van der Waals surface area contributed by atoms with E-state index in [2.05, 4.69) is 5.32 Å². The van der Waals surface area contributed by atoms with Gasteiger partial charge in [0.05, 0.1) is 11.6 Å². The van der Waals surface area contributed by atoms with E-state index in [4.69, 9.17) is 4.74 Å². The third-order valence-corrected chi connectivity index (χ3v) is 5.10. The molecule has 6 nitrogen and oxygen atoms in total. The average molecular weight is 396 g/mol. The van der Waals surface area contributed by atoms with Crippen molar-refractivity contribution in [1.82, 2.24) is 5.32 Å². The lowest BCUT2D eigenvalue weighted by atomic mass is 10.1. The van der Waals surface area contributed by atoms with Crippen molar-refractivity contribution in [3.05, 3.63) is 66.0 Å². The molecule has 1 aliphatic heterocycles. The molecule has 0 aromatic heterocycles. The lowest BCUT2D eigenvalue weighted by Crippen LogP contribution is -2.35. The standard InChI is InChI=1S/C22H21FN2O4/c23-17-8-4-5-9-18(17)25-13-15(12-19(25)26)22(28)29-20(14-6-2-1-3-7-14)21(27)24-16-10-11-16/h1-9,15-16,20H,10-13H2,(H,24,27)/t15-,20+/m1/s1. The van der Waals surface area contributed by atoms with Gasteiger partial charge in [-0.05, 0) is 25.0 Å². The van der Waals surface area contributed by atoms with E-state index in [1.807, 2.05) is 6.07 Å². The van der Waals surface area contributed by atoms with Crippen LogP contribution >= 0.6 is 0 Å². The predicted octanol–water partition coefficient (Wildman–Crippen LogP) is 2.74. The molecule has 150 valence electrons. The number of carbonyl (C=O) groups excluding carboxylic acids is 3. The number of hydrogen-bond acceptors (Lipinski definition) is 4. The summed E-state index contributed by atoms with van der Waals surface area (Å²) in [5.74, 6) is -2.65. The normalized spacial score (nSPS) is 19.7. The van der Waals surface area contributed by atoms with E-state index in [0.29, 0.717) is 5.56 Å². The molecule has 2 fully saturated rings. The lowest BCUT2D eigenvalue weighted by Gasteiger charge is -2.20. The molecule has 1 heterocycles. The van der Waals surface area contributed by atoms with Crippen LogP contribution in [0.15, 0.2) is 54.6 Å². The zero-order chi connectivity index (χ0) is 20.4. The SMILES string of the molecule is O=C(O[C@H](C(=O)NC1CC1)c1ccccc1)[C@@H]1CC(=O)N(c2ccccc2F)C1. The number of hydrogen-bond donors (Lipinski definition) is 1. The Morgan fingerprint density at radius 1 is 1.07 bits per heavy atom. The summed E-state index contributed by atoms with van der Waals surface area (Å²) in [5.41, 5.74) is 0.702. The molecule has 29 heavy (non-hydrogen) atoms. The van der Waals surface area contributed by atoms with E-state index in [9.17, 15) is 18.8 Å². The number of rotatable bonds is 6. The van der Waals surface area contributed by atoms with Gasteiger partial charge in [0.2, 0.25) is 12.0 Å². The average Bonchev–Trinajstić information content (AvgIpc) is 3.46. The van der Waals surface area contributed by atoms with Gasteiger partial charge in [-0.1, -0.05) is 42.5 Å². The van der Waals surface area contributed by atoms with Gasteiger partial charge in [-0.15, -0.1) is 0 Å². The fourth-order valence-corrected chi connectivity index (χ4v) is 3.39. The highest BCUT2D eigenvalue weighted by Gasteiger charge is 2.39. The number of nitrogens with one attached hydrogen (secondary N) is 1. The molecular formula is C22H21FN2O4. The fraction of sp³-hybridized carbons (Fsp3) is 0.318. The van der Waals surface area contributed by atoms with Crippen LogP contribution in [-0.2, 0) is 19.1 Å². The van der Waals surface area contributed by atoms with Crippen molar-refractivity contribution in [2.45, 2.75) is 31.4 Å². The molecule has 0 radical (unpaired) electrons. The van der Waals surface area contributed by atoms with E-state index >= 15 is 0 Å². The van der Waals surface area contributed by atoms with Crippen LogP contribution in [-0.4, -0.2) is 30.4 Å². The number of esters is 1. The van der Waals surface area contributed by atoms with Gasteiger partial charge in [-0.25, -0.2) is 4.39 Å². The Morgan fingerprint density at radius 3 is 2.45 bits per heavy atom. The largest absolute Gasteiger partial charge is 0.447 e. The summed E-state index contributed by atoms with van der Waals surface area (Å²) in [6.07, 6.45) is 0.659. The summed E-state index contributed by atoms with van der Waals surface area (Å²) in [4.78, 5) is 39.0. The number of benzene rings is 2. The van der Waals surface area contributed by atoms with Crippen LogP contribution in [0, 0.1) is 11.7 Å². The number of amides is 2. The van der Waals surface area contributed by atoms with Crippen molar-refractivity contribution >= 4 is 23.5 Å². The van der Waals surface area contributed by atoms with E-state index in [0.717, 1.165) is 12.8 Å². The van der Waals surface area contributed by atoms with E-state index in [1.54, 1.807) is 30.3 Å². The number of nitrogens with zero attached hydrogens (tertiary/aromatic N) is 1. The van der Waals surface area contributed by atoms with Crippen molar-refractivity contribution in [2.24, 2.45) is 5.92 Å². The molecule has 0 unspecified atom stereocenters. The first kappa shape index (κ1) is 19.1. The predicted molar refractivity (Wildman–Crippen MR) is 103 cm³/mol. The van der Waals surface area contributed by atoms with Gasteiger partial charge in [0, 0.05) is 24.6 Å². The number of halogens is 1. The second kappa shape index (κ2) is 8.03. The van der Waals surface area contributed by atoms with Gasteiger partial charge in [-0.2, -0.15) is 0 Å². The van der Waals surface area contributed by atoms with Gasteiger partial charge in [-0.3, -0.25) is 14.4 Å². The molecule has 1 aliphatic carbocycles.